The van der Waals surface area contributed by atoms with Crippen LogP contribution in [0.25, 0.3) is 0 Å². The molecule has 0 saturated carbocycles. The van der Waals surface area contributed by atoms with Crippen LogP contribution in [0, 0.1) is 0 Å². The summed E-state index contributed by atoms with van der Waals surface area (Å²) in [5, 5.41) is 6.99. The zero-order valence-corrected chi connectivity index (χ0v) is 16.0. The maximum Gasteiger partial charge on any atom is 0.387 e. The first-order valence-corrected chi connectivity index (χ1v) is 8.92. The van der Waals surface area contributed by atoms with Gasteiger partial charge in [-0.2, -0.15) is 13.9 Å². The van der Waals surface area contributed by atoms with E-state index >= 15 is 0 Å². The Kier molecular flexibility index (Phi) is 6.08. The first-order valence-electron chi connectivity index (χ1n) is 7.75. The van der Waals surface area contributed by atoms with Crippen molar-refractivity contribution in [3.63, 3.8) is 0 Å². The molecule has 2 aromatic carbocycles. The Hall–Kier alpha value is -2.45. The van der Waals surface area contributed by atoms with Gasteiger partial charge in [-0.15, -0.1) is 0 Å². The number of benzene rings is 2. The maximum atomic E-state index is 12.6. The Balaban J connectivity index is 1.79. The van der Waals surface area contributed by atoms with Crippen LogP contribution in [0.3, 0.4) is 0 Å². The van der Waals surface area contributed by atoms with E-state index in [-0.39, 0.29) is 22.2 Å². The topological polar surface area (TPSA) is 56.2 Å². The second-order valence-corrected chi connectivity index (χ2v) is 6.80. The highest BCUT2D eigenvalue weighted by atomic mass is 79.9. The van der Waals surface area contributed by atoms with Crippen molar-refractivity contribution < 1.29 is 18.3 Å². The molecule has 3 aromatic rings. The van der Waals surface area contributed by atoms with Gasteiger partial charge in [0.25, 0.3) is 5.91 Å². The van der Waals surface area contributed by atoms with Crippen molar-refractivity contribution in [1.82, 2.24) is 9.78 Å². The summed E-state index contributed by atoms with van der Waals surface area (Å²) in [4.78, 5) is 12.5. The number of nitrogens with one attached hydrogen (secondary N) is 1. The second-order valence-electron chi connectivity index (χ2n) is 5.48. The molecule has 0 bridgehead atoms. The van der Waals surface area contributed by atoms with Crippen molar-refractivity contribution in [3.8, 4) is 5.75 Å². The lowest BCUT2D eigenvalue weighted by molar-refractivity contribution is -0.0501. The van der Waals surface area contributed by atoms with Crippen molar-refractivity contribution in [2.75, 3.05) is 5.32 Å². The highest BCUT2D eigenvalue weighted by Crippen LogP contribution is 2.27. The molecule has 3 rings (SSSR count). The fourth-order valence-electron chi connectivity index (χ4n) is 2.39. The molecule has 0 spiro atoms. The molecule has 140 valence electrons. The van der Waals surface area contributed by atoms with Gasteiger partial charge in [-0.3, -0.25) is 9.48 Å². The quantitative estimate of drug-likeness (QED) is 0.555. The smallest absolute Gasteiger partial charge is 0.387 e. The summed E-state index contributed by atoms with van der Waals surface area (Å²) in [7, 11) is 0. The van der Waals surface area contributed by atoms with Crippen LogP contribution in [0.2, 0.25) is 5.02 Å². The molecular weight excluding hydrogens is 444 g/mol. The molecule has 0 fully saturated rings. The van der Waals surface area contributed by atoms with Crippen LogP contribution in [0.5, 0.6) is 5.75 Å². The molecule has 0 aliphatic rings. The van der Waals surface area contributed by atoms with Crippen molar-refractivity contribution in [2.24, 2.45) is 0 Å². The predicted molar refractivity (Wildman–Crippen MR) is 102 cm³/mol. The van der Waals surface area contributed by atoms with E-state index in [1.54, 1.807) is 10.9 Å². The number of ether oxygens (including phenoxy) is 1. The van der Waals surface area contributed by atoms with Gasteiger partial charge < -0.3 is 10.1 Å². The molecule has 9 heteroatoms. The lowest BCUT2D eigenvalue weighted by Gasteiger charge is -2.10. The Morgan fingerprint density at radius 2 is 2.00 bits per heavy atom. The Bertz CT molecular complexity index is 951. The third-order valence-electron chi connectivity index (χ3n) is 3.54. The highest BCUT2D eigenvalue weighted by molar-refractivity contribution is 9.10. The third kappa shape index (κ3) is 5.05. The molecule has 1 aromatic heterocycles. The van der Waals surface area contributed by atoms with E-state index in [1.807, 2.05) is 30.3 Å². The first-order chi connectivity index (χ1) is 12.9. The SMILES string of the molecule is O=C(Nc1nn(Cc2ccccc2)cc1Cl)c1cc(Br)ccc1OC(F)F. The lowest BCUT2D eigenvalue weighted by Crippen LogP contribution is -2.16. The maximum absolute atomic E-state index is 12.6. The number of halogens is 4. The molecule has 27 heavy (non-hydrogen) atoms. The summed E-state index contributed by atoms with van der Waals surface area (Å²) in [5.41, 5.74) is 0.938. The van der Waals surface area contributed by atoms with Gasteiger partial charge in [-0.25, -0.2) is 0 Å². The van der Waals surface area contributed by atoms with Crippen molar-refractivity contribution >= 4 is 39.3 Å². The van der Waals surface area contributed by atoms with E-state index in [1.165, 1.54) is 18.2 Å². The average Bonchev–Trinajstić information content (AvgIpc) is 2.96. The largest absolute Gasteiger partial charge is 0.434 e. The van der Waals surface area contributed by atoms with Crippen LogP contribution in [0.1, 0.15) is 15.9 Å². The number of nitrogens with zero attached hydrogens (tertiary/aromatic N) is 2. The Morgan fingerprint density at radius 1 is 1.26 bits per heavy atom. The van der Waals surface area contributed by atoms with Gasteiger partial charge >= 0.3 is 6.61 Å². The zero-order valence-electron chi connectivity index (χ0n) is 13.7. The molecule has 0 unspecified atom stereocenters. The molecule has 0 aliphatic heterocycles. The number of alkyl halides is 2. The van der Waals surface area contributed by atoms with E-state index in [9.17, 15) is 13.6 Å². The molecule has 1 amide bonds. The molecule has 5 nitrogen and oxygen atoms in total. The summed E-state index contributed by atoms with van der Waals surface area (Å²) in [5.74, 6) is -0.787. The number of amides is 1. The molecule has 0 radical (unpaired) electrons. The first kappa shape index (κ1) is 19.3. The number of rotatable bonds is 6. The normalized spacial score (nSPS) is 10.9. The van der Waals surface area contributed by atoms with Gasteiger partial charge in [0, 0.05) is 10.7 Å². The fraction of sp³-hybridized carbons (Fsp3) is 0.111. The summed E-state index contributed by atoms with van der Waals surface area (Å²) in [6.07, 6.45) is 1.57. The summed E-state index contributed by atoms with van der Waals surface area (Å²) in [6.45, 7) is -2.58. The van der Waals surface area contributed by atoms with E-state index in [0.29, 0.717) is 11.0 Å². The number of hydrogen-bond acceptors (Lipinski definition) is 3. The van der Waals surface area contributed by atoms with Gasteiger partial charge in [0.2, 0.25) is 0 Å². The molecule has 1 N–H and O–H groups in total. The van der Waals surface area contributed by atoms with Crippen LogP contribution >= 0.6 is 27.5 Å². The molecule has 0 atom stereocenters. The Labute approximate surface area is 167 Å². The van der Waals surface area contributed by atoms with E-state index in [2.05, 4.69) is 31.1 Å². The van der Waals surface area contributed by atoms with Gasteiger partial charge in [0.15, 0.2) is 5.82 Å². The van der Waals surface area contributed by atoms with Crippen molar-refractivity contribution in [1.29, 1.82) is 0 Å². The predicted octanol–water partition coefficient (Wildman–Crippen LogP) is 5.20. The number of carbonyl (C=O) groups is 1. The van der Waals surface area contributed by atoms with E-state index in [0.717, 1.165) is 5.56 Å². The Morgan fingerprint density at radius 3 is 2.70 bits per heavy atom. The number of anilines is 1. The summed E-state index contributed by atoms with van der Waals surface area (Å²) >= 11 is 9.34. The van der Waals surface area contributed by atoms with Crippen LogP contribution in [0.15, 0.2) is 59.2 Å². The number of aromatic nitrogens is 2. The molecular formula is C18H13BrClF2N3O2. The third-order valence-corrected chi connectivity index (χ3v) is 4.31. The average molecular weight is 457 g/mol. The standard InChI is InChI=1S/C18H13BrClF2N3O2/c19-12-6-7-15(27-18(21)22)13(8-12)17(26)23-16-14(20)10-25(24-16)9-11-4-2-1-3-5-11/h1-8,10,18H,9H2,(H,23,24,26). The van der Waals surface area contributed by atoms with Gasteiger partial charge in [0.05, 0.1) is 12.1 Å². The van der Waals surface area contributed by atoms with Crippen LogP contribution in [0.4, 0.5) is 14.6 Å². The summed E-state index contributed by atoms with van der Waals surface area (Å²) < 4.78 is 31.6. The molecule has 1 heterocycles. The number of carbonyl (C=O) groups excluding carboxylic acids is 1. The van der Waals surface area contributed by atoms with Crippen LogP contribution < -0.4 is 10.1 Å². The minimum atomic E-state index is -3.05. The monoisotopic (exact) mass is 455 g/mol. The minimum Gasteiger partial charge on any atom is -0.434 e. The van der Waals surface area contributed by atoms with Gasteiger partial charge in [-0.1, -0.05) is 57.9 Å². The number of hydrogen-bond donors (Lipinski definition) is 1. The van der Waals surface area contributed by atoms with Crippen LogP contribution in [-0.4, -0.2) is 22.3 Å². The van der Waals surface area contributed by atoms with E-state index in [4.69, 9.17) is 11.6 Å². The fourth-order valence-corrected chi connectivity index (χ4v) is 2.95. The molecule has 0 saturated heterocycles. The van der Waals surface area contributed by atoms with Crippen molar-refractivity contribution in [3.05, 3.63) is 75.4 Å². The highest BCUT2D eigenvalue weighted by Gasteiger charge is 2.19. The zero-order chi connectivity index (χ0) is 19.4. The minimum absolute atomic E-state index is 0.0710. The van der Waals surface area contributed by atoms with Gasteiger partial charge in [-0.05, 0) is 23.8 Å². The van der Waals surface area contributed by atoms with Crippen molar-refractivity contribution in [2.45, 2.75) is 13.2 Å². The van der Waals surface area contributed by atoms with Crippen LogP contribution in [-0.2, 0) is 6.54 Å². The van der Waals surface area contributed by atoms with E-state index < -0.39 is 12.5 Å². The van der Waals surface area contributed by atoms with Gasteiger partial charge in [0.1, 0.15) is 10.8 Å². The lowest BCUT2D eigenvalue weighted by atomic mass is 10.2. The second kappa shape index (κ2) is 8.49. The molecule has 0 aliphatic carbocycles. The summed E-state index contributed by atoms with van der Waals surface area (Å²) in [6, 6.07) is 13.7.